The zero-order valence-electron chi connectivity index (χ0n) is 16.2. The van der Waals surface area contributed by atoms with Crippen molar-refractivity contribution in [2.45, 2.75) is 6.42 Å². The highest BCUT2D eigenvalue weighted by atomic mass is 79.9. The lowest BCUT2D eigenvalue weighted by molar-refractivity contribution is -0.121. The molecule has 1 aromatic heterocycles. The van der Waals surface area contributed by atoms with Crippen LogP contribution in [-0.4, -0.2) is 41.1 Å². The molecule has 0 radical (unpaired) electrons. The summed E-state index contributed by atoms with van der Waals surface area (Å²) < 4.78 is 19.2. The number of nitrogens with two attached hydrogens (primary N) is 1. The molecule has 0 spiro atoms. The van der Waals surface area contributed by atoms with Gasteiger partial charge in [-0.25, -0.2) is 9.18 Å². The first-order chi connectivity index (χ1) is 14.8. The minimum absolute atomic E-state index is 0.0326. The molecule has 8 nitrogen and oxygen atoms in total. The summed E-state index contributed by atoms with van der Waals surface area (Å²) in [7, 11) is 0. The van der Waals surface area contributed by atoms with Crippen molar-refractivity contribution in [1.82, 2.24) is 10.2 Å². The second-order valence-electron chi connectivity index (χ2n) is 6.49. The number of nitrogens with one attached hydrogen (secondary N) is 1. The normalized spacial score (nSPS) is 10.5. The number of ether oxygens (including phenoxy) is 1. The number of aromatic nitrogens is 2. The molecule has 0 aliphatic rings. The van der Waals surface area contributed by atoms with Crippen LogP contribution in [0.2, 0.25) is 0 Å². The lowest BCUT2D eigenvalue weighted by Gasteiger charge is -2.22. The van der Waals surface area contributed by atoms with E-state index in [9.17, 15) is 18.8 Å². The second kappa shape index (κ2) is 9.98. The molecule has 10 heteroatoms. The minimum atomic E-state index is -0.766. The largest absolute Gasteiger partial charge is 0.451 e. The van der Waals surface area contributed by atoms with Gasteiger partial charge in [0.1, 0.15) is 11.5 Å². The van der Waals surface area contributed by atoms with Gasteiger partial charge in [-0.2, -0.15) is 5.10 Å². The monoisotopic (exact) mass is 488 g/mol. The number of carbonyl (C=O) groups is 3. The zero-order chi connectivity index (χ0) is 22.4. The molecule has 0 unspecified atom stereocenters. The van der Waals surface area contributed by atoms with Crippen molar-refractivity contribution in [2.24, 2.45) is 5.73 Å². The maximum Gasteiger partial charge on any atom is 0.356 e. The number of primary amides is 1. The molecule has 0 aliphatic heterocycles. The topological polar surface area (TPSA) is 118 Å². The number of esters is 1. The van der Waals surface area contributed by atoms with Crippen molar-refractivity contribution >= 4 is 39.4 Å². The number of anilines is 1. The van der Waals surface area contributed by atoms with Crippen molar-refractivity contribution in [3.05, 3.63) is 70.6 Å². The van der Waals surface area contributed by atoms with Crippen LogP contribution >= 0.6 is 15.9 Å². The Bertz CT molecular complexity index is 1080. The number of benzene rings is 2. The van der Waals surface area contributed by atoms with Gasteiger partial charge in [-0.05, 0) is 42.5 Å². The van der Waals surface area contributed by atoms with E-state index in [1.807, 2.05) is 24.3 Å². The van der Waals surface area contributed by atoms with Crippen molar-refractivity contribution in [1.29, 1.82) is 0 Å². The van der Waals surface area contributed by atoms with Gasteiger partial charge in [0, 0.05) is 28.7 Å². The van der Waals surface area contributed by atoms with Crippen molar-refractivity contribution < 1.29 is 23.5 Å². The van der Waals surface area contributed by atoms with Crippen LogP contribution in [0.5, 0.6) is 0 Å². The number of halogens is 2. The number of H-pyrrole nitrogens is 1. The van der Waals surface area contributed by atoms with Gasteiger partial charge in [-0.15, -0.1) is 0 Å². The van der Waals surface area contributed by atoms with E-state index in [1.165, 1.54) is 35.2 Å². The lowest BCUT2D eigenvalue weighted by atomic mass is 10.1. The first-order valence-corrected chi connectivity index (χ1v) is 9.95. The van der Waals surface area contributed by atoms with Gasteiger partial charge in [-0.1, -0.05) is 28.1 Å². The highest BCUT2D eigenvalue weighted by Crippen LogP contribution is 2.21. The van der Waals surface area contributed by atoms with Crippen LogP contribution in [0.25, 0.3) is 11.3 Å². The molecule has 3 rings (SSSR count). The molecular weight excluding hydrogens is 471 g/mol. The quantitative estimate of drug-likeness (QED) is 0.472. The Hall–Kier alpha value is -3.53. The maximum absolute atomic E-state index is 13.2. The Morgan fingerprint density at radius 1 is 1.10 bits per heavy atom. The number of amides is 2. The fourth-order valence-electron chi connectivity index (χ4n) is 2.72. The molecule has 0 saturated heterocycles. The number of rotatable bonds is 8. The third-order valence-electron chi connectivity index (χ3n) is 4.29. The summed E-state index contributed by atoms with van der Waals surface area (Å²) in [5.74, 6) is -2.43. The number of nitrogens with zero attached hydrogens (tertiary/aromatic N) is 2. The van der Waals surface area contributed by atoms with Gasteiger partial charge in [0.25, 0.3) is 5.91 Å². The van der Waals surface area contributed by atoms with E-state index >= 15 is 0 Å². The van der Waals surface area contributed by atoms with Gasteiger partial charge in [0.15, 0.2) is 6.61 Å². The van der Waals surface area contributed by atoms with Crippen LogP contribution in [0.3, 0.4) is 0 Å². The van der Waals surface area contributed by atoms with Crippen LogP contribution < -0.4 is 10.6 Å². The Balaban J connectivity index is 1.65. The van der Waals surface area contributed by atoms with Crippen LogP contribution in [-0.2, 0) is 14.3 Å². The predicted molar refractivity (Wildman–Crippen MR) is 115 cm³/mol. The predicted octanol–water partition coefficient (Wildman–Crippen LogP) is 3.04. The molecule has 31 heavy (non-hydrogen) atoms. The van der Waals surface area contributed by atoms with E-state index in [0.29, 0.717) is 11.4 Å². The molecule has 0 fully saturated rings. The van der Waals surface area contributed by atoms with Crippen molar-refractivity contribution in [3.63, 3.8) is 0 Å². The third kappa shape index (κ3) is 5.98. The summed E-state index contributed by atoms with van der Waals surface area (Å²) in [6, 6.07) is 14.0. The lowest BCUT2D eigenvalue weighted by Crippen LogP contribution is -2.37. The van der Waals surface area contributed by atoms with E-state index < -0.39 is 30.2 Å². The summed E-state index contributed by atoms with van der Waals surface area (Å²) in [4.78, 5) is 37.3. The smallest absolute Gasteiger partial charge is 0.356 e. The number of hydrogen-bond donors (Lipinski definition) is 2. The summed E-state index contributed by atoms with van der Waals surface area (Å²) in [6.07, 6.45) is -0.103. The molecule has 0 atom stereocenters. The summed E-state index contributed by atoms with van der Waals surface area (Å²) in [5.41, 5.74) is 6.93. The molecule has 3 N–H and O–H groups in total. The van der Waals surface area contributed by atoms with Crippen LogP contribution in [0, 0.1) is 5.82 Å². The van der Waals surface area contributed by atoms with Gasteiger partial charge >= 0.3 is 5.97 Å². The average Bonchev–Trinajstić information content (AvgIpc) is 3.24. The fourth-order valence-corrected chi connectivity index (χ4v) is 2.98. The highest BCUT2D eigenvalue weighted by molar-refractivity contribution is 9.10. The van der Waals surface area contributed by atoms with Crippen molar-refractivity contribution in [2.75, 3.05) is 18.1 Å². The average molecular weight is 489 g/mol. The molecule has 0 bridgehead atoms. The molecule has 160 valence electrons. The Labute approximate surface area is 185 Å². The zero-order valence-corrected chi connectivity index (χ0v) is 17.8. The van der Waals surface area contributed by atoms with Crippen molar-refractivity contribution in [3.8, 4) is 11.3 Å². The van der Waals surface area contributed by atoms with E-state index in [2.05, 4.69) is 26.1 Å². The molecule has 2 aromatic carbocycles. The minimum Gasteiger partial charge on any atom is -0.451 e. The molecule has 3 aromatic rings. The Kier molecular flexibility index (Phi) is 7.14. The standard InChI is InChI=1S/C21H18BrFN4O4/c22-14-3-1-13(2-4-14)17-11-18(26-25-17)21(30)31-12-20(29)27(10-9-19(24)28)16-7-5-15(23)6-8-16/h1-8,11H,9-10,12H2,(H2,24,28)(H,25,26). The van der Waals surface area contributed by atoms with Gasteiger partial charge < -0.3 is 15.4 Å². The van der Waals surface area contributed by atoms with E-state index in [4.69, 9.17) is 10.5 Å². The first-order valence-electron chi connectivity index (χ1n) is 9.16. The molecule has 2 amide bonds. The molecule has 0 saturated carbocycles. The fraction of sp³-hybridized carbons (Fsp3) is 0.143. The van der Waals surface area contributed by atoms with Crippen LogP contribution in [0.15, 0.2) is 59.1 Å². The summed E-state index contributed by atoms with van der Waals surface area (Å²) in [6.45, 7) is -0.614. The van der Waals surface area contributed by atoms with Gasteiger partial charge in [-0.3, -0.25) is 14.7 Å². The number of aromatic amines is 1. The highest BCUT2D eigenvalue weighted by Gasteiger charge is 2.20. The third-order valence-corrected chi connectivity index (χ3v) is 4.81. The van der Waals surface area contributed by atoms with Gasteiger partial charge in [0.2, 0.25) is 5.91 Å². The van der Waals surface area contributed by atoms with E-state index in [1.54, 1.807) is 0 Å². The number of hydrogen-bond acceptors (Lipinski definition) is 5. The Morgan fingerprint density at radius 2 is 1.77 bits per heavy atom. The Morgan fingerprint density at radius 3 is 2.42 bits per heavy atom. The SMILES string of the molecule is NC(=O)CCN(C(=O)COC(=O)c1cc(-c2ccc(Br)cc2)n[nH]1)c1ccc(F)cc1. The molecule has 0 aliphatic carbocycles. The maximum atomic E-state index is 13.2. The summed E-state index contributed by atoms with van der Waals surface area (Å²) in [5, 5.41) is 6.67. The van der Waals surface area contributed by atoms with Gasteiger partial charge in [0.05, 0.1) is 5.69 Å². The number of carbonyl (C=O) groups excluding carboxylic acids is 3. The molecular formula is C21H18BrFN4O4. The van der Waals surface area contributed by atoms with Crippen LogP contribution in [0.1, 0.15) is 16.9 Å². The first kappa shape index (κ1) is 22.2. The summed E-state index contributed by atoms with van der Waals surface area (Å²) >= 11 is 3.35. The van der Waals surface area contributed by atoms with E-state index in [0.717, 1.165) is 10.0 Å². The van der Waals surface area contributed by atoms with Crippen LogP contribution in [0.4, 0.5) is 10.1 Å². The van der Waals surface area contributed by atoms with E-state index in [-0.39, 0.29) is 18.7 Å². The second-order valence-corrected chi connectivity index (χ2v) is 7.40. The molecule has 1 heterocycles.